The van der Waals surface area contributed by atoms with Crippen LogP contribution in [0.3, 0.4) is 0 Å². The molecule has 1 unspecified atom stereocenters. The molecule has 1 aliphatic rings. The monoisotopic (exact) mass is 444 g/mol. The van der Waals surface area contributed by atoms with Crippen molar-refractivity contribution < 1.29 is 13.2 Å². The van der Waals surface area contributed by atoms with E-state index in [0.717, 1.165) is 49.0 Å². The molecule has 1 aliphatic heterocycles. The zero-order valence-electron chi connectivity index (χ0n) is 18.4. The van der Waals surface area contributed by atoms with Crippen LogP contribution >= 0.6 is 0 Å². The molecule has 31 heavy (non-hydrogen) atoms. The van der Waals surface area contributed by atoms with Gasteiger partial charge in [0.05, 0.1) is 6.26 Å². The molecule has 1 amide bonds. The van der Waals surface area contributed by atoms with Crippen molar-refractivity contribution in [3.05, 3.63) is 65.7 Å². The van der Waals surface area contributed by atoms with Gasteiger partial charge in [-0.2, -0.15) is 0 Å². The van der Waals surface area contributed by atoms with Crippen molar-refractivity contribution >= 4 is 21.6 Å². The highest BCUT2D eigenvalue weighted by Gasteiger charge is 2.49. The summed E-state index contributed by atoms with van der Waals surface area (Å²) in [5.74, 6) is -0.278. The molecular weight excluding hydrogens is 412 g/mol. The molecule has 0 bridgehead atoms. The number of amides is 1. The fourth-order valence-electron chi connectivity index (χ4n) is 4.31. The van der Waals surface area contributed by atoms with Crippen molar-refractivity contribution in [1.29, 1.82) is 0 Å². The number of anilines is 1. The van der Waals surface area contributed by atoms with Gasteiger partial charge in [-0.05, 0) is 30.0 Å². The van der Waals surface area contributed by atoms with Gasteiger partial charge in [-0.25, -0.2) is 13.1 Å². The lowest BCUT2D eigenvalue weighted by Crippen LogP contribution is -2.65. The van der Waals surface area contributed by atoms with E-state index < -0.39 is 15.7 Å². The topological polar surface area (TPSA) is 90.5 Å². The second kappa shape index (κ2) is 9.80. The maximum absolute atomic E-state index is 13.5. The molecule has 1 fully saturated rings. The van der Waals surface area contributed by atoms with Gasteiger partial charge in [0.25, 0.3) is 5.91 Å². The number of nitrogens with zero attached hydrogens (tertiary/aromatic N) is 1. The van der Waals surface area contributed by atoms with Crippen molar-refractivity contribution in [2.24, 2.45) is 0 Å². The predicted molar refractivity (Wildman–Crippen MR) is 124 cm³/mol. The molecule has 0 radical (unpaired) electrons. The zero-order valence-corrected chi connectivity index (χ0v) is 19.2. The van der Waals surface area contributed by atoms with Gasteiger partial charge in [0.15, 0.2) is 5.66 Å². The second-order valence-electron chi connectivity index (χ2n) is 8.05. The Morgan fingerprint density at radius 1 is 1.06 bits per heavy atom. The van der Waals surface area contributed by atoms with E-state index in [-0.39, 0.29) is 18.4 Å². The molecule has 168 valence electrons. The summed E-state index contributed by atoms with van der Waals surface area (Å²) >= 11 is 0. The van der Waals surface area contributed by atoms with E-state index in [4.69, 9.17) is 0 Å². The largest absolute Gasteiger partial charge is 0.359 e. The minimum absolute atomic E-state index is 0.114. The van der Waals surface area contributed by atoms with Gasteiger partial charge in [0.2, 0.25) is 10.0 Å². The molecule has 0 aromatic heterocycles. The maximum Gasteiger partial charge on any atom is 0.261 e. The van der Waals surface area contributed by atoms with Gasteiger partial charge in [0, 0.05) is 38.3 Å². The Hall–Kier alpha value is -2.42. The summed E-state index contributed by atoms with van der Waals surface area (Å²) in [5, 5.41) is 6.44. The molecule has 3 N–H and O–H groups in total. The van der Waals surface area contributed by atoms with Gasteiger partial charge < -0.3 is 10.6 Å². The maximum atomic E-state index is 13.5. The van der Waals surface area contributed by atoms with Gasteiger partial charge in [-0.3, -0.25) is 9.69 Å². The molecule has 3 rings (SSSR count). The van der Waals surface area contributed by atoms with E-state index >= 15 is 0 Å². The Morgan fingerprint density at radius 3 is 2.29 bits per heavy atom. The molecular formula is C23H32N4O3S. The van der Waals surface area contributed by atoms with Crippen LogP contribution < -0.4 is 15.4 Å². The summed E-state index contributed by atoms with van der Waals surface area (Å²) in [6.07, 6.45) is 3.19. The molecule has 0 aliphatic carbocycles. The van der Waals surface area contributed by atoms with Crippen LogP contribution in [0.1, 0.15) is 36.8 Å². The summed E-state index contributed by atoms with van der Waals surface area (Å²) in [6.45, 7) is 3.82. The third-order valence-electron chi connectivity index (χ3n) is 5.97. The van der Waals surface area contributed by atoms with E-state index in [2.05, 4.69) is 27.2 Å². The second-order valence-corrected chi connectivity index (χ2v) is 9.88. The van der Waals surface area contributed by atoms with Gasteiger partial charge >= 0.3 is 0 Å². The number of benzene rings is 2. The molecule has 8 heteroatoms. The van der Waals surface area contributed by atoms with E-state index in [9.17, 15) is 13.2 Å². The SMILES string of the molecule is CNC(=O)C(Nc1ccccc1CNS(C)(=O)=O)([C@@H](C)c1ccccc1)N1CCCC1. The quantitative estimate of drug-likeness (QED) is 0.553. The van der Waals surface area contributed by atoms with Crippen LogP contribution in [0.25, 0.3) is 0 Å². The molecule has 1 heterocycles. The Morgan fingerprint density at radius 2 is 1.68 bits per heavy atom. The number of para-hydroxylation sites is 1. The van der Waals surface area contributed by atoms with E-state index in [1.54, 1.807) is 7.05 Å². The smallest absolute Gasteiger partial charge is 0.261 e. The molecule has 2 aromatic carbocycles. The highest BCUT2D eigenvalue weighted by molar-refractivity contribution is 7.88. The number of hydrogen-bond donors (Lipinski definition) is 3. The summed E-state index contributed by atoms with van der Waals surface area (Å²) in [7, 11) is -1.69. The number of hydrogen-bond acceptors (Lipinski definition) is 5. The number of nitrogens with one attached hydrogen (secondary N) is 3. The van der Waals surface area contributed by atoms with Gasteiger partial charge in [0.1, 0.15) is 0 Å². The summed E-state index contributed by atoms with van der Waals surface area (Å²) in [4.78, 5) is 15.8. The number of sulfonamides is 1. The highest BCUT2D eigenvalue weighted by atomic mass is 32.2. The number of likely N-dealkylation sites (tertiary alicyclic amines) is 1. The molecule has 2 atom stereocenters. The molecule has 1 saturated heterocycles. The van der Waals surface area contributed by atoms with Crippen LogP contribution in [0.4, 0.5) is 5.69 Å². The van der Waals surface area contributed by atoms with Crippen LogP contribution in [-0.2, 0) is 21.4 Å². The fraction of sp³-hybridized carbons (Fsp3) is 0.435. The predicted octanol–water partition coefficient (Wildman–Crippen LogP) is 2.49. The number of carbonyl (C=O) groups excluding carboxylic acids is 1. The van der Waals surface area contributed by atoms with Crippen LogP contribution in [-0.4, -0.2) is 51.3 Å². The van der Waals surface area contributed by atoms with Crippen LogP contribution in [0.2, 0.25) is 0 Å². The van der Waals surface area contributed by atoms with Gasteiger partial charge in [-0.1, -0.05) is 55.5 Å². The minimum atomic E-state index is -3.35. The number of rotatable bonds is 9. The van der Waals surface area contributed by atoms with Crippen molar-refractivity contribution in [3.63, 3.8) is 0 Å². The third kappa shape index (κ3) is 5.26. The average molecular weight is 445 g/mol. The fourth-order valence-corrected chi connectivity index (χ4v) is 4.73. The number of carbonyl (C=O) groups is 1. The first kappa shape index (κ1) is 23.2. The van der Waals surface area contributed by atoms with E-state index in [1.165, 1.54) is 0 Å². The highest BCUT2D eigenvalue weighted by Crippen LogP contribution is 2.37. The third-order valence-corrected chi connectivity index (χ3v) is 6.64. The summed E-state index contributed by atoms with van der Waals surface area (Å²) < 4.78 is 25.9. The number of likely N-dealkylation sites (N-methyl/N-ethyl adjacent to an activating group) is 1. The normalized spacial score (nSPS) is 17.6. The standard InChI is InChI=1S/C23H32N4O3S/c1-18(19-11-5-4-6-12-19)23(22(28)24-2,27-15-9-10-16-27)26-21-14-8-7-13-20(21)17-25-31(3,29)30/h4-8,11-14,18,25-26H,9-10,15-17H2,1-3H3,(H,24,28)/t18-,23?/m0/s1. The lowest BCUT2D eigenvalue weighted by Gasteiger charge is -2.46. The zero-order chi connectivity index (χ0) is 22.5. The summed E-state index contributed by atoms with van der Waals surface area (Å²) in [6, 6.07) is 17.5. The Labute approximate surface area is 185 Å². The van der Waals surface area contributed by atoms with E-state index in [1.807, 2.05) is 54.6 Å². The minimum Gasteiger partial charge on any atom is -0.359 e. The molecule has 0 saturated carbocycles. The lowest BCUT2D eigenvalue weighted by atomic mass is 9.84. The van der Waals surface area contributed by atoms with Crippen LogP contribution in [0.15, 0.2) is 54.6 Å². The molecule has 0 spiro atoms. The van der Waals surface area contributed by atoms with Crippen molar-refractivity contribution in [2.45, 2.75) is 37.9 Å². The Kier molecular flexibility index (Phi) is 7.35. The van der Waals surface area contributed by atoms with E-state index in [0.29, 0.717) is 0 Å². The summed E-state index contributed by atoms with van der Waals surface area (Å²) in [5.41, 5.74) is 1.54. The first-order valence-electron chi connectivity index (χ1n) is 10.6. The Balaban J connectivity index is 2.08. The molecule has 2 aromatic rings. The molecule has 7 nitrogen and oxygen atoms in total. The lowest BCUT2D eigenvalue weighted by molar-refractivity contribution is -0.132. The first-order chi connectivity index (χ1) is 14.8. The first-order valence-corrected chi connectivity index (χ1v) is 12.5. The average Bonchev–Trinajstić information content (AvgIpc) is 3.31. The van der Waals surface area contributed by atoms with Gasteiger partial charge in [-0.15, -0.1) is 0 Å². The van der Waals surface area contributed by atoms with Crippen LogP contribution in [0.5, 0.6) is 0 Å². The van der Waals surface area contributed by atoms with Crippen molar-refractivity contribution in [3.8, 4) is 0 Å². The van der Waals surface area contributed by atoms with Crippen molar-refractivity contribution in [1.82, 2.24) is 14.9 Å². The van der Waals surface area contributed by atoms with Crippen molar-refractivity contribution in [2.75, 3.05) is 31.7 Å². The van der Waals surface area contributed by atoms with Crippen LogP contribution in [0, 0.1) is 0 Å². The Bertz CT molecular complexity index is 991.